The van der Waals surface area contributed by atoms with E-state index < -0.39 is 26.5 Å². The Bertz CT molecular complexity index is 571. The fourth-order valence-corrected chi connectivity index (χ4v) is 1.80. The Labute approximate surface area is 140 Å². The first-order valence-electron chi connectivity index (χ1n) is 5.92. The molecule has 0 aliphatic heterocycles. The van der Waals surface area contributed by atoms with E-state index >= 15 is 0 Å². The van der Waals surface area contributed by atoms with Crippen molar-refractivity contribution >= 4 is 52.4 Å². The van der Waals surface area contributed by atoms with E-state index in [0.29, 0.717) is 5.56 Å². The number of aliphatic carboxylic acids is 1. The molecule has 0 saturated heterocycles. The monoisotopic (exact) mass is 368 g/mol. The van der Waals surface area contributed by atoms with Crippen molar-refractivity contribution in [3.05, 3.63) is 39.9 Å². The van der Waals surface area contributed by atoms with Crippen LogP contribution in [0.3, 0.4) is 0 Å². The van der Waals surface area contributed by atoms with Crippen LogP contribution in [-0.4, -0.2) is 32.2 Å². The van der Waals surface area contributed by atoms with Crippen molar-refractivity contribution in [1.82, 2.24) is 5.32 Å². The molecule has 0 spiro atoms. The molecule has 10 heteroatoms. The van der Waals surface area contributed by atoms with Crippen LogP contribution in [0.1, 0.15) is 5.56 Å². The van der Waals surface area contributed by atoms with Crippen LogP contribution in [0.5, 0.6) is 0 Å². The summed E-state index contributed by atoms with van der Waals surface area (Å²) in [5.41, 5.74) is 0.473. The van der Waals surface area contributed by atoms with Gasteiger partial charge in [-0.15, -0.1) is 0 Å². The number of nitrogens with one attached hydrogen (secondary N) is 1. The number of alkyl halides is 3. The molecule has 1 unspecified atom stereocenters. The molecule has 0 bridgehead atoms. The molecule has 7 nitrogen and oxygen atoms in total. The number of amides is 1. The quantitative estimate of drug-likeness (QED) is 0.454. The Morgan fingerprint density at radius 2 is 1.82 bits per heavy atom. The minimum Gasteiger partial charge on any atom is -0.481 e. The summed E-state index contributed by atoms with van der Waals surface area (Å²) in [7, 11) is 0. The lowest BCUT2D eigenvalue weighted by Gasteiger charge is -2.16. The maximum Gasteiger partial charge on any atom is 0.308 e. The number of hydrogen-bond acceptors (Lipinski definition) is 4. The molecule has 0 radical (unpaired) electrons. The first-order chi connectivity index (χ1) is 10.1. The fraction of sp³-hybridized carbons (Fsp3) is 0.333. The zero-order chi connectivity index (χ0) is 16.9. The van der Waals surface area contributed by atoms with Crippen molar-refractivity contribution < 1.29 is 19.6 Å². The molecule has 0 heterocycles. The van der Waals surface area contributed by atoms with E-state index in [1.165, 1.54) is 24.3 Å². The third-order valence-corrected chi connectivity index (χ3v) is 3.26. The molecule has 1 amide bonds. The summed E-state index contributed by atoms with van der Waals surface area (Å²) in [6, 6.07) is 5.44. The van der Waals surface area contributed by atoms with Crippen molar-refractivity contribution in [2.24, 2.45) is 5.92 Å². The fourth-order valence-electron chi connectivity index (χ4n) is 1.60. The third kappa shape index (κ3) is 5.67. The number of benzene rings is 1. The average molecular weight is 370 g/mol. The van der Waals surface area contributed by atoms with Crippen molar-refractivity contribution in [2.45, 2.75) is 10.2 Å². The second kappa shape index (κ2) is 7.62. The average Bonchev–Trinajstić information content (AvgIpc) is 2.42. The molecule has 0 fully saturated rings. The maximum absolute atomic E-state index is 11.4. The molecule has 2 N–H and O–H groups in total. The number of non-ortho nitro benzene ring substituents is 1. The van der Waals surface area contributed by atoms with Gasteiger partial charge in [-0.2, -0.15) is 0 Å². The SMILES string of the molecule is O=C(O)C(CNC(=O)C(Cl)(Cl)Cl)Cc1ccc([N+](=O)[O-])cc1. The van der Waals surface area contributed by atoms with E-state index in [1.54, 1.807) is 0 Å². The van der Waals surface area contributed by atoms with Gasteiger partial charge in [-0.3, -0.25) is 19.7 Å². The van der Waals surface area contributed by atoms with Crippen LogP contribution in [0.4, 0.5) is 5.69 Å². The number of carbonyl (C=O) groups excluding carboxylic acids is 1. The predicted octanol–water partition coefficient (Wildman–Crippen LogP) is 2.32. The van der Waals surface area contributed by atoms with Crippen LogP contribution in [0.25, 0.3) is 0 Å². The number of nitro groups is 1. The Kier molecular flexibility index (Phi) is 6.40. The number of carboxylic acid groups (broad SMARTS) is 1. The van der Waals surface area contributed by atoms with Crippen molar-refractivity contribution in [3.63, 3.8) is 0 Å². The van der Waals surface area contributed by atoms with Crippen LogP contribution >= 0.6 is 34.8 Å². The maximum atomic E-state index is 11.4. The van der Waals surface area contributed by atoms with Crippen LogP contribution in [0.15, 0.2) is 24.3 Å². The summed E-state index contributed by atoms with van der Waals surface area (Å²) in [5, 5.41) is 21.9. The van der Waals surface area contributed by atoms with Crippen molar-refractivity contribution in [3.8, 4) is 0 Å². The smallest absolute Gasteiger partial charge is 0.308 e. The number of rotatable bonds is 6. The van der Waals surface area contributed by atoms with Gasteiger partial charge in [0.25, 0.3) is 15.4 Å². The molecule has 1 atom stereocenters. The van der Waals surface area contributed by atoms with E-state index in [2.05, 4.69) is 5.32 Å². The van der Waals surface area contributed by atoms with Gasteiger partial charge in [0.1, 0.15) is 0 Å². The molecule has 1 rings (SSSR count). The van der Waals surface area contributed by atoms with Gasteiger partial charge in [0, 0.05) is 18.7 Å². The first kappa shape index (κ1) is 18.5. The lowest BCUT2D eigenvalue weighted by molar-refractivity contribution is -0.384. The highest BCUT2D eigenvalue weighted by atomic mass is 35.6. The van der Waals surface area contributed by atoms with Crippen molar-refractivity contribution in [1.29, 1.82) is 0 Å². The molecular weight excluding hydrogens is 359 g/mol. The van der Waals surface area contributed by atoms with Crippen LogP contribution in [0.2, 0.25) is 0 Å². The highest BCUT2D eigenvalue weighted by molar-refractivity contribution is 6.76. The van der Waals surface area contributed by atoms with Gasteiger partial charge in [-0.05, 0) is 12.0 Å². The zero-order valence-electron chi connectivity index (χ0n) is 11.0. The summed E-state index contributed by atoms with van der Waals surface area (Å²) in [6.45, 7) is -0.237. The van der Waals surface area contributed by atoms with E-state index in [-0.39, 0.29) is 18.7 Å². The highest BCUT2D eigenvalue weighted by Crippen LogP contribution is 2.26. The van der Waals surface area contributed by atoms with Crippen LogP contribution in [-0.2, 0) is 16.0 Å². The number of nitro benzene ring substituents is 1. The van der Waals surface area contributed by atoms with Gasteiger partial charge in [0.2, 0.25) is 0 Å². The Morgan fingerprint density at radius 3 is 2.23 bits per heavy atom. The molecule has 0 saturated carbocycles. The molecule has 0 aromatic heterocycles. The second-order valence-electron chi connectivity index (χ2n) is 4.37. The van der Waals surface area contributed by atoms with Crippen molar-refractivity contribution in [2.75, 3.05) is 6.54 Å². The minimum atomic E-state index is -2.17. The molecule has 22 heavy (non-hydrogen) atoms. The number of carbonyl (C=O) groups is 2. The minimum absolute atomic E-state index is 0.0630. The highest BCUT2D eigenvalue weighted by Gasteiger charge is 2.31. The Balaban J connectivity index is 2.70. The van der Waals surface area contributed by atoms with Gasteiger partial charge in [0.15, 0.2) is 0 Å². The number of halogens is 3. The number of carboxylic acids is 1. The molecule has 0 aliphatic rings. The number of hydrogen-bond donors (Lipinski definition) is 2. The van der Waals surface area contributed by atoms with E-state index in [0.717, 1.165) is 0 Å². The van der Waals surface area contributed by atoms with E-state index in [9.17, 15) is 19.7 Å². The zero-order valence-corrected chi connectivity index (χ0v) is 13.2. The molecule has 0 aliphatic carbocycles. The van der Waals surface area contributed by atoms with E-state index in [4.69, 9.17) is 39.9 Å². The summed E-state index contributed by atoms with van der Waals surface area (Å²) < 4.78 is -2.17. The normalized spacial score (nSPS) is 12.5. The topological polar surface area (TPSA) is 110 Å². The van der Waals surface area contributed by atoms with Gasteiger partial charge in [-0.1, -0.05) is 46.9 Å². The standard InChI is InChI=1S/C12H11Cl3N2O5/c13-12(14,15)11(20)16-6-8(10(18)19)5-7-1-3-9(4-2-7)17(21)22/h1-4,8H,5-6H2,(H,16,20)(H,18,19). The summed E-state index contributed by atoms with van der Waals surface area (Å²) in [4.78, 5) is 32.6. The second-order valence-corrected chi connectivity index (χ2v) is 6.65. The summed E-state index contributed by atoms with van der Waals surface area (Å²) in [6.07, 6.45) is 0.0630. The lowest BCUT2D eigenvalue weighted by atomic mass is 9.99. The Hall–Kier alpha value is -1.57. The first-order valence-corrected chi connectivity index (χ1v) is 7.06. The van der Waals surface area contributed by atoms with Gasteiger partial charge >= 0.3 is 5.97 Å². The predicted molar refractivity (Wildman–Crippen MR) is 81.2 cm³/mol. The Morgan fingerprint density at radius 1 is 1.27 bits per heavy atom. The van der Waals surface area contributed by atoms with Crippen LogP contribution < -0.4 is 5.32 Å². The molecule has 1 aromatic rings. The van der Waals surface area contributed by atoms with Gasteiger partial charge in [0.05, 0.1) is 10.8 Å². The third-order valence-electron chi connectivity index (χ3n) is 2.74. The summed E-state index contributed by atoms with van der Waals surface area (Å²) in [5.74, 6) is -3.03. The molecule has 120 valence electrons. The van der Waals surface area contributed by atoms with Gasteiger partial charge in [-0.25, -0.2) is 0 Å². The number of nitrogens with zero attached hydrogens (tertiary/aromatic N) is 1. The summed E-state index contributed by atoms with van der Waals surface area (Å²) >= 11 is 16.1. The lowest BCUT2D eigenvalue weighted by Crippen LogP contribution is -2.40. The van der Waals surface area contributed by atoms with Crippen LogP contribution in [0, 0.1) is 16.0 Å². The van der Waals surface area contributed by atoms with Gasteiger partial charge < -0.3 is 10.4 Å². The molecule has 1 aromatic carbocycles. The molecular formula is C12H11Cl3N2O5. The van der Waals surface area contributed by atoms with E-state index in [1.807, 2.05) is 0 Å². The largest absolute Gasteiger partial charge is 0.481 e.